The molecule has 38 heavy (non-hydrogen) atoms. The first-order chi connectivity index (χ1) is 18.2. The van der Waals surface area contributed by atoms with Crippen molar-refractivity contribution >= 4 is 46.9 Å². The number of carbonyl (C=O) groups excluding carboxylic acids is 2. The van der Waals surface area contributed by atoms with Gasteiger partial charge >= 0.3 is 12.1 Å². The summed E-state index contributed by atoms with van der Waals surface area (Å²) in [6.07, 6.45) is -0.807. The Kier molecular flexibility index (Phi) is 10.7. The van der Waals surface area contributed by atoms with Crippen LogP contribution in [0.5, 0.6) is 5.75 Å². The fourth-order valence-electron chi connectivity index (χ4n) is 4.09. The van der Waals surface area contributed by atoms with E-state index in [2.05, 4.69) is 5.32 Å². The fraction of sp³-hybridized carbons (Fsp3) is 0.286. The van der Waals surface area contributed by atoms with Crippen LogP contribution in [-0.4, -0.2) is 61.2 Å². The van der Waals surface area contributed by atoms with Gasteiger partial charge in [0.1, 0.15) is 18.9 Å². The van der Waals surface area contributed by atoms with Crippen LogP contribution in [0.1, 0.15) is 16.7 Å². The minimum atomic E-state index is -1.78. The van der Waals surface area contributed by atoms with Gasteiger partial charge in [-0.05, 0) is 28.8 Å². The summed E-state index contributed by atoms with van der Waals surface area (Å²) in [6, 6.07) is 27.7. The number of esters is 1. The second-order valence-corrected chi connectivity index (χ2v) is 10.8. The Morgan fingerprint density at radius 3 is 1.82 bits per heavy atom. The normalized spacial score (nSPS) is 11.5. The third-order valence-electron chi connectivity index (χ3n) is 5.87. The summed E-state index contributed by atoms with van der Waals surface area (Å²) in [5.41, 5.74) is 2.12. The van der Waals surface area contributed by atoms with E-state index >= 15 is 0 Å². The number of halogens is 3. The Morgan fingerprint density at radius 1 is 0.816 bits per heavy atom. The maximum atomic E-state index is 12.8. The average molecular weight is 580 g/mol. The van der Waals surface area contributed by atoms with Gasteiger partial charge in [0.15, 0.2) is 0 Å². The number of methoxy groups -OCH3 is 2. The summed E-state index contributed by atoms with van der Waals surface area (Å²) in [7, 11) is 2.86. The molecule has 0 fully saturated rings. The first kappa shape index (κ1) is 29.6. The van der Waals surface area contributed by atoms with Crippen molar-refractivity contribution in [2.75, 3.05) is 40.5 Å². The second-order valence-electron chi connectivity index (χ2n) is 8.30. The van der Waals surface area contributed by atoms with Gasteiger partial charge in [0.25, 0.3) is 0 Å². The summed E-state index contributed by atoms with van der Waals surface area (Å²) in [6.45, 7) is -0.421. The number of alkyl halides is 3. The number of hydrogen-bond donors (Lipinski definition) is 1. The van der Waals surface area contributed by atoms with Gasteiger partial charge in [0, 0.05) is 13.1 Å². The maximum Gasteiger partial charge on any atom is 0.410 e. The van der Waals surface area contributed by atoms with Crippen LogP contribution in [0.25, 0.3) is 0 Å². The number of nitrogens with zero attached hydrogens (tertiary/aromatic N) is 1. The van der Waals surface area contributed by atoms with Gasteiger partial charge in [0.2, 0.25) is 3.79 Å². The van der Waals surface area contributed by atoms with E-state index in [1.54, 1.807) is 7.11 Å². The van der Waals surface area contributed by atoms with Gasteiger partial charge in [-0.2, -0.15) is 0 Å². The number of carbonyl (C=O) groups is 2. The third-order valence-corrected chi connectivity index (χ3v) is 6.20. The molecule has 1 N–H and O–H groups in total. The van der Waals surface area contributed by atoms with E-state index in [9.17, 15) is 9.59 Å². The predicted molar refractivity (Wildman–Crippen MR) is 149 cm³/mol. The molecule has 10 heteroatoms. The van der Waals surface area contributed by atoms with E-state index in [-0.39, 0.29) is 19.6 Å². The lowest BCUT2D eigenvalue weighted by molar-refractivity contribution is -0.141. The molecule has 0 aromatic heterocycles. The lowest BCUT2D eigenvalue weighted by Gasteiger charge is -2.38. The lowest BCUT2D eigenvalue weighted by atomic mass is 9.77. The minimum Gasteiger partial charge on any atom is -0.497 e. The number of nitrogens with one attached hydrogen (secondary N) is 1. The molecule has 0 spiro atoms. The van der Waals surface area contributed by atoms with Crippen molar-refractivity contribution in [1.29, 1.82) is 0 Å². The van der Waals surface area contributed by atoms with Crippen molar-refractivity contribution in [2.24, 2.45) is 0 Å². The summed E-state index contributed by atoms with van der Waals surface area (Å²) >= 11 is 17.2. The molecule has 1 amide bonds. The molecular weight excluding hydrogens is 551 g/mol. The zero-order chi connectivity index (χ0) is 27.6. The zero-order valence-electron chi connectivity index (χ0n) is 21.0. The highest BCUT2D eigenvalue weighted by molar-refractivity contribution is 6.67. The van der Waals surface area contributed by atoms with Crippen LogP contribution in [0, 0.1) is 0 Å². The second kappa shape index (κ2) is 13.7. The van der Waals surface area contributed by atoms with Gasteiger partial charge < -0.3 is 14.2 Å². The SMILES string of the molecule is COC(=O)CN(CCNC(c1ccccc1)(c1ccccc1)c1ccc(OC)cc1)C(=O)OCC(Cl)(Cl)Cl. The van der Waals surface area contributed by atoms with E-state index in [1.165, 1.54) is 12.0 Å². The van der Waals surface area contributed by atoms with Crippen molar-refractivity contribution in [3.63, 3.8) is 0 Å². The first-order valence-corrected chi connectivity index (χ1v) is 12.9. The van der Waals surface area contributed by atoms with E-state index in [0.29, 0.717) is 0 Å². The molecule has 3 rings (SSSR count). The first-order valence-electron chi connectivity index (χ1n) is 11.8. The highest BCUT2D eigenvalue weighted by atomic mass is 35.6. The van der Waals surface area contributed by atoms with Crippen LogP contribution >= 0.6 is 34.8 Å². The Hall–Kier alpha value is -2.97. The van der Waals surface area contributed by atoms with Crippen LogP contribution in [0.15, 0.2) is 84.9 Å². The van der Waals surface area contributed by atoms with Crippen molar-refractivity contribution < 1.29 is 23.8 Å². The number of hydrogen-bond acceptors (Lipinski definition) is 6. The molecule has 3 aromatic carbocycles. The average Bonchev–Trinajstić information content (AvgIpc) is 2.94. The molecule has 0 unspecified atom stereocenters. The van der Waals surface area contributed by atoms with Crippen LogP contribution < -0.4 is 10.1 Å². The number of benzene rings is 3. The molecule has 0 saturated carbocycles. The molecule has 0 radical (unpaired) electrons. The van der Waals surface area contributed by atoms with Crippen molar-refractivity contribution in [3.05, 3.63) is 102 Å². The van der Waals surface area contributed by atoms with Crippen LogP contribution in [0.4, 0.5) is 4.79 Å². The van der Waals surface area contributed by atoms with Gasteiger partial charge in [0.05, 0.1) is 19.8 Å². The van der Waals surface area contributed by atoms with Gasteiger partial charge in [-0.3, -0.25) is 15.0 Å². The zero-order valence-corrected chi connectivity index (χ0v) is 23.3. The topological polar surface area (TPSA) is 77.1 Å². The third kappa shape index (κ3) is 7.77. The van der Waals surface area contributed by atoms with Crippen LogP contribution in [-0.2, 0) is 19.8 Å². The summed E-state index contributed by atoms with van der Waals surface area (Å²) in [5.74, 6) is 0.119. The predicted octanol–water partition coefficient (Wildman–Crippen LogP) is 5.56. The molecule has 0 heterocycles. The molecule has 202 valence electrons. The van der Waals surface area contributed by atoms with Crippen LogP contribution in [0.2, 0.25) is 0 Å². The molecular formula is C28H29Cl3N2O5. The summed E-state index contributed by atoms with van der Waals surface area (Å²) in [5, 5.41) is 3.65. The monoisotopic (exact) mass is 578 g/mol. The van der Waals surface area contributed by atoms with Crippen molar-refractivity contribution in [3.8, 4) is 5.75 Å². The quantitative estimate of drug-likeness (QED) is 0.182. The highest BCUT2D eigenvalue weighted by Gasteiger charge is 2.36. The molecule has 0 saturated heterocycles. The van der Waals surface area contributed by atoms with Crippen LogP contribution in [0.3, 0.4) is 0 Å². The highest BCUT2D eigenvalue weighted by Crippen LogP contribution is 2.37. The molecule has 0 aliphatic rings. The van der Waals surface area contributed by atoms with Gasteiger partial charge in [-0.1, -0.05) is 108 Å². The molecule has 7 nitrogen and oxygen atoms in total. The maximum absolute atomic E-state index is 12.8. The molecule has 0 bridgehead atoms. The Morgan fingerprint density at radius 2 is 1.34 bits per heavy atom. The largest absolute Gasteiger partial charge is 0.497 e. The van der Waals surface area contributed by atoms with E-state index in [0.717, 1.165) is 22.4 Å². The van der Waals surface area contributed by atoms with Crippen molar-refractivity contribution in [2.45, 2.75) is 9.33 Å². The molecule has 0 atom stereocenters. The van der Waals surface area contributed by atoms with E-state index in [4.69, 9.17) is 49.0 Å². The standard InChI is InChI=1S/C28H29Cl3N2O5/c1-36-24-15-13-23(14-16-24)28(21-9-5-3-6-10-21,22-11-7-4-8-12-22)32-17-18-33(19-25(34)37-2)26(35)38-20-27(29,30)31/h3-16,32H,17-20H2,1-2H3. The number of ether oxygens (including phenoxy) is 3. The Bertz CT molecular complexity index is 1130. The van der Waals surface area contributed by atoms with E-state index in [1.807, 2.05) is 84.9 Å². The molecule has 0 aliphatic carbocycles. The van der Waals surface area contributed by atoms with Gasteiger partial charge in [-0.15, -0.1) is 0 Å². The number of amides is 1. The smallest absolute Gasteiger partial charge is 0.410 e. The molecule has 3 aromatic rings. The Balaban J connectivity index is 1.97. The minimum absolute atomic E-state index is 0.103. The molecule has 0 aliphatic heterocycles. The number of rotatable bonds is 11. The summed E-state index contributed by atoms with van der Waals surface area (Å²) < 4.78 is 13.5. The van der Waals surface area contributed by atoms with Gasteiger partial charge in [-0.25, -0.2) is 4.79 Å². The fourth-order valence-corrected chi connectivity index (χ4v) is 4.26. The van der Waals surface area contributed by atoms with Crippen molar-refractivity contribution in [1.82, 2.24) is 10.2 Å². The summed E-state index contributed by atoms with van der Waals surface area (Å²) in [4.78, 5) is 26.0. The lowest BCUT2D eigenvalue weighted by Crippen LogP contribution is -2.49. The van der Waals surface area contributed by atoms with E-state index < -0.39 is 28.0 Å². The Labute approximate surface area is 237 Å².